The van der Waals surface area contributed by atoms with Crippen molar-refractivity contribution in [3.05, 3.63) is 24.3 Å². The Bertz CT molecular complexity index is 134. The van der Waals surface area contributed by atoms with Crippen molar-refractivity contribution in [2.45, 2.75) is 33.2 Å². The summed E-state index contributed by atoms with van der Waals surface area (Å²) in [6.07, 6.45) is 5.13. The van der Waals surface area contributed by atoms with Crippen LogP contribution < -0.4 is 5.32 Å². The average Bonchev–Trinajstić information content (AvgIpc) is 1.87. The van der Waals surface area contributed by atoms with Crippen LogP contribution >= 0.6 is 0 Å². The van der Waals surface area contributed by atoms with Crippen molar-refractivity contribution in [2.24, 2.45) is 0 Å². The minimum Gasteiger partial charge on any atom is -0.314 e. The first-order chi connectivity index (χ1) is 5.16. The van der Waals surface area contributed by atoms with Gasteiger partial charge in [0.15, 0.2) is 0 Å². The molecular formula is C10H19N. The van der Waals surface area contributed by atoms with Gasteiger partial charge in [-0.15, -0.1) is 0 Å². The van der Waals surface area contributed by atoms with Crippen LogP contribution in [0.4, 0.5) is 0 Å². The van der Waals surface area contributed by atoms with Gasteiger partial charge in [-0.05, 0) is 19.9 Å². The van der Waals surface area contributed by atoms with Gasteiger partial charge in [0.1, 0.15) is 0 Å². The number of hydrogen-bond donors (Lipinski definition) is 1. The van der Waals surface area contributed by atoms with Gasteiger partial charge in [0, 0.05) is 6.04 Å². The van der Waals surface area contributed by atoms with Gasteiger partial charge in [0.05, 0.1) is 0 Å². The van der Waals surface area contributed by atoms with Crippen LogP contribution in [-0.4, -0.2) is 12.6 Å². The molecule has 0 saturated heterocycles. The molecule has 0 radical (unpaired) electrons. The maximum atomic E-state index is 3.91. The van der Waals surface area contributed by atoms with E-state index in [1.54, 1.807) is 0 Å². The molecule has 1 N–H and O–H groups in total. The number of hydrogen-bond acceptors (Lipinski definition) is 1. The van der Waals surface area contributed by atoms with Crippen LogP contribution in [0.1, 0.15) is 27.2 Å². The van der Waals surface area contributed by atoms with E-state index in [1.165, 1.54) is 5.57 Å². The summed E-state index contributed by atoms with van der Waals surface area (Å²) in [6, 6.07) is 0.577. The summed E-state index contributed by atoms with van der Waals surface area (Å²) < 4.78 is 0. The van der Waals surface area contributed by atoms with E-state index in [4.69, 9.17) is 0 Å². The molecule has 0 aromatic carbocycles. The van der Waals surface area contributed by atoms with Crippen molar-refractivity contribution >= 4 is 0 Å². The molecule has 0 aromatic rings. The third-order valence-electron chi connectivity index (χ3n) is 1.40. The lowest BCUT2D eigenvalue weighted by Gasteiger charge is -2.06. The largest absolute Gasteiger partial charge is 0.314 e. The summed E-state index contributed by atoms with van der Waals surface area (Å²) in [5.74, 6) is 0. The summed E-state index contributed by atoms with van der Waals surface area (Å²) in [5.41, 5.74) is 1.20. The van der Waals surface area contributed by atoms with Crippen LogP contribution in [0.3, 0.4) is 0 Å². The number of rotatable bonds is 5. The van der Waals surface area contributed by atoms with Crippen LogP contribution in [-0.2, 0) is 0 Å². The monoisotopic (exact) mass is 153 g/mol. The van der Waals surface area contributed by atoms with Gasteiger partial charge in [0.2, 0.25) is 0 Å². The summed E-state index contributed by atoms with van der Waals surface area (Å²) in [5, 5.41) is 3.34. The van der Waals surface area contributed by atoms with Crippen LogP contribution in [0.25, 0.3) is 0 Å². The van der Waals surface area contributed by atoms with Crippen molar-refractivity contribution in [1.82, 2.24) is 5.32 Å². The Morgan fingerprint density at radius 3 is 2.64 bits per heavy atom. The van der Waals surface area contributed by atoms with E-state index in [-0.39, 0.29) is 0 Å². The fourth-order valence-electron chi connectivity index (χ4n) is 0.840. The Kier molecular flexibility index (Phi) is 5.86. The van der Waals surface area contributed by atoms with E-state index in [1.807, 2.05) is 13.0 Å². The second-order valence-electron chi connectivity index (χ2n) is 3.02. The Labute approximate surface area is 70.2 Å². The Balaban J connectivity index is 3.32. The molecule has 0 atom stereocenters. The molecular weight excluding hydrogens is 134 g/mol. The highest BCUT2D eigenvalue weighted by Gasteiger charge is 1.91. The molecule has 0 aliphatic rings. The molecule has 1 heteroatoms. The molecule has 0 spiro atoms. The lowest BCUT2D eigenvalue weighted by Crippen LogP contribution is -2.23. The van der Waals surface area contributed by atoms with Gasteiger partial charge in [-0.1, -0.05) is 38.2 Å². The van der Waals surface area contributed by atoms with Crippen molar-refractivity contribution in [1.29, 1.82) is 0 Å². The van der Waals surface area contributed by atoms with E-state index in [0.29, 0.717) is 6.04 Å². The van der Waals surface area contributed by atoms with Crippen molar-refractivity contribution in [2.75, 3.05) is 6.54 Å². The fourth-order valence-corrected chi connectivity index (χ4v) is 0.840. The third kappa shape index (κ3) is 7.34. The molecule has 0 bridgehead atoms. The van der Waals surface area contributed by atoms with Crippen LogP contribution in [0.15, 0.2) is 24.3 Å². The third-order valence-corrected chi connectivity index (χ3v) is 1.40. The first kappa shape index (κ1) is 10.4. The highest BCUT2D eigenvalue weighted by molar-refractivity contribution is 5.13. The predicted molar refractivity (Wildman–Crippen MR) is 51.7 cm³/mol. The van der Waals surface area contributed by atoms with Gasteiger partial charge in [0.25, 0.3) is 0 Å². The van der Waals surface area contributed by atoms with Crippen molar-refractivity contribution < 1.29 is 0 Å². The number of nitrogens with one attached hydrogen (secondary N) is 1. The normalized spacial score (nSPS) is 11.3. The second-order valence-corrected chi connectivity index (χ2v) is 3.02. The van der Waals surface area contributed by atoms with E-state index in [9.17, 15) is 0 Å². The molecule has 0 fully saturated rings. The highest BCUT2D eigenvalue weighted by Crippen LogP contribution is 1.97. The van der Waals surface area contributed by atoms with Crippen LogP contribution in [0.5, 0.6) is 0 Å². The minimum absolute atomic E-state index is 0.577. The lowest BCUT2D eigenvalue weighted by molar-refractivity contribution is 0.591. The molecule has 0 unspecified atom stereocenters. The molecule has 11 heavy (non-hydrogen) atoms. The summed E-state index contributed by atoms with van der Waals surface area (Å²) >= 11 is 0. The highest BCUT2D eigenvalue weighted by atomic mass is 14.9. The number of allylic oxidation sites excluding steroid dienone is 2. The van der Waals surface area contributed by atoms with Crippen molar-refractivity contribution in [3.8, 4) is 0 Å². The zero-order valence-electron chi connectivity index (χ0n) is 7.85. The molecule has 0 heterocycles. The first-order valence-electron chi connectivity index (χ1n) is 4.20. The van der Waals surface area contributed by atoms with Crippen molar-refractivity contribution in [3.63, 3.8) is 0 Å². The molecule has 0 amide bonds. The standard InChI is InChI=1S/C10H19N/c1-5-6-10(4)7-8-11-9(2)3/h5-6,9,11H,4,7-8H2,1-3H3/b6-5-. The van der Waals surface area contributed by atoms with E-state index in [2.05, 4.69) is 31.8 Å². The summed E-state index contributed by atoms with van der Waals surface area (Å²) in [6.45, 7) is 11.3. The topological polar surface area (TPSA) is 12.0 Å². The van der Waals surface area contributed by atoms with Gasteiger partial charge in [-0.2, -0.15) is 0 Å². The average molecular weight is 153 g/mol. The molecule has 0 rings (SSSR count). The maximum absolute atomic E-state index is 3.91. The van der Waals surface area contributed by atoms with Crippen LogP contribution in [0, 0.1) is 0 Å². The molecule has 1 nitrogen and oxygen atoms in total. The van der Waals surface area contributed by atoms with E-state index in [0.717, 1.165) is 13.0 Å². The van der Waals surface area contributed by atoms with E-state index >= 15 is 0 Å². The summed E-state index contributed by atoms with van der Waals surface area (Å²) in [7, 11) is 0. The SMILES string of the molecule is C=C(/C=C\C)CCNC(C)C. The van der Waals surface area contributed by atoms with E-state index < -0.39 is 0 Å². The van der Waals surface area contributed by atoms with Crippen LogP contribution in [0.2, 0.25) is 0 Å². The molecule has 0 aliphatic carbocycles. The smallest absolute Gasteiger partial charge is 0.00105 e. The predicted octanol–water partition coefficient (Wildman–Crippen LogP) is 2.51. The van der Waals surface area contributed by atoms with Gasteiger partial charge >= 0.3 is 0 Å². The fraction of sp³-hybridized carbons (Fsp3) is 0.600. The summed E-state index contributed by atoms with van der Waals surface area (Å²) in [4.78, 5) is 0. The molecule has 0 aliphatic heterocycles. The zero-order valence-corrected chi connectivity index (χ0v) is 7.85. The van der Waals surface area contributed by atoms with Gasteiger partial charge in [-0.3, -0.25) is 0 Å². The Hall–Kier alpha value is -0.560. The quantitative estimate of drug-likeness (QED) is 0.598. The Morgan fingerprint density at radius 1 is 1.55 bits per heavy atom. The van der Waals surface area contributed by atoms with Gasteiger partial charge in [-0.25, -0.2) is 0 Å². The molecule has 64 valence electrons. The minimum atomic E-state index is 0.577. The maximum Gasteiger partial charge on any atom is 0.00105 e. The zero-order chi connectivity index (χ0) is 8.69. The lowest BCUT2D eigenvalue weighted by atomic mass is 10.2. The molecule has 0 saturated carbocycles. The first-order valence-corrected chi connectivity index (χ1v) is 4.20. The van der Waals surface area contributed by atoms with Gasteiger partial charge < -0.3 is 5.32 Å². The second kappa shape index (κ2) is 6.17. The Morgan fingerprint density at radius 2 is 2.18 bits per heavy atom. The molecule has 0 aromatic heterocycles.